The van der Waals surface area contributed by atoms with Crippen molar-refractivity contribution in [3.63, 3.8) is 0 Å². The number of aromatic nitrogens is 1. The molecule has 1 N–H and O–H groups in total. The third-order valence-corrected chi connectivity index (χ3v) is 4.76. The highest BCUT2D eigenvalue weighted by Gasteiger charge is 2.31. The molecular weight excluding hydrogens is 405 g/mol. The first-order chi connectivity index (χ1) is 13.8. The number of hydrogen-bond donors (Lipinski definition) is 1. The number of alkyl halides is 3. The summed E-state index contributed by atoms with van der Waals surface area (Å²) in [5, 5.41) is 2.54. The van der Waals surface area contributed by atoms with E-state index in [4.69, 9.17) is 4.74 Å². The fraction of sp³-hybridized carbons (Fsp3) is 0.150. The van der Waals surface area contributed by atoms with Crippen molar-refractivity contribution in [1.82, 2.24) is 4.98 Å². The molecule has 0 spiro atoms. The van der Waals surface area contributed by atoms with E-state index in [-0.39, 0.29) is 22.2 Å². The van der Waals surface area contributed by atoms with Gasteiger partial charge in [-0.2, -0.15) is 13.2 Å². The molecule has 3 rings (SSSR count). The fourth-order valence-corrected chi connectivity index (χ4v) is 3.38. The summed E-state index contributed by atoms with van der Waals surface area (Å²) in [7, 11) is 0. The van der Waals surface area contributed by atoms with Crippen LogP contribution in [0.4, 0.5) is 18.3 Å². The Labute approximate surface area is 168 Å². The quantitative estimate of drug-likeness (QED) is 0.572. The summed E-state index contributed by atoms with van der Waals surface area (Å²) in [5.41, 5.74) is -0.129. The van der Waals surface area contributed by atoms with Crippen molar-refractivity contribution in [2.75, 3.05) is 11.9 Å². The molecule has 0 fully saturated rings. The van der Waals surface area contributed by atoms with Crippen LogP contribution in [0.5, 0.6) is 0 Å². The highest BCUT2D eigenvalue weighted by atomic mass is 32.1. The lowest BCUT2D eigenvalue weighted by atomic mass is 10.1. The van der Waals surface area contributed by atoms with Crippen molar-refractivity contribution in [2.45, 2.75) is 13.1 Å². The van der Waals surface area contributed by atoms with Crippen molar-refractivity contribution in [1.29, 1.82) is 0 Å². The van der Waals surface area contributed by atoms with Gasteiger partial charge in [-0.15, -0.1) is 0 Å². The number of nitrogens with one attached hydrogen (secondary N) is 1. The molecule has 0 atom stereocenters. The minimum absolute atomic E-state index is 0.0781. The first kappa shape index (κ1) is 20.5. The molecule has 3 aromatic rings. The van der Waals surface area contributed by atoms with E-state index >= 15 is 0 Å². The zero-order valence-electron chi connectivity index (χ0n) is 15.1. The van der Waals surface area contributed by atoms with Crippen LogP contribution in [0.1, 0.15) is 32.5 Å². The van der Waals surface area contributed by atoms with Gasteiger partial charge in [-0.05, 0) is 25.1 Å². The van der Waals surface area contributed by atoms with Crippen molar-refractivity contribution in [3.05, 3.63) is 70.6 Å². The molecule has 0 saturated carbocycles. The maximum atomic E-state index is 12.9. The average molecular weight is 420 g/mol. The van der Waals surface area contributed by atoms with Crippen LogP contribution in [0.2, 0.25) is 0 Å². The van der Waals surface area contributed by atoms with Gasteiger partial charge in [-0.25, -0.2) is 9.78 Å². The highest BCUT2D eigenvalue weighted by Crippen LogP contribution is 2.33. The second-order valence-electron chi connectivity index (χ2n) is 5.82. The summed E-state index contributed by atoms with van der Waals surface area (Å²) in [6, 6.07) is 12.9. The van der Waals surface area contributed by atoms with Crippen molar-refractivity contribution in [2.24, 2.45) is 0 Å². The molecule has 1 heterocycles. The summed E-state index contributed by atoms with van der Waals surface area (Å²) in [5.74, 6) is -1.36. The lowest BCUT2D eigenvalue weighted by molar-refractivity contribution is -0.137. The molecule has 0 bridgehead atoms. The van der Waals surface area contributed by atoms with Gasteiger partial charge in [0.15, 0.2) is 5.13 Å². The number of carbonyl (C=O) groups is 2. The summed E-state index contributed by atoms with van der Waals surface area (Å²) in [6.45, 7) is 1.83. The Morgan fingerprint density at radius 3 is 2.48 bits per heavy atom. The van der Waals surface area contributed by atoms with Gasteiger partial charge in [0.05, 0.1) is 17.9 Å². The van der Waals surface area contributed by atoms with Gasteiger partial charge in [0.2, 0.25) is 0 Å². The third kappa shape index (κ3) is 4.80. The maximum Gasteiger partial charge on any atom is 0.416 e. The van der Waals surface area contributed by atoms with E-state index in [2.05, 4.69) is 10.3 Å². The van der Waals surface area contributed by atoms with Crippen LogP contribution in [0.25, 0.3) is 11.3 Å². The summed E-state index contributed by atoms with van der Waals surface area (Å²) in [4.78, 5) is 29.2. The molecule has 0 aliphatic rings. The summed E-state index contributed by atoms with van der Waals surface area (Å²) < 4.78 is 43.7. The van der Waals surface area contributed by atoms with Crippen LogP contribution >= 0.6 is 11.3 Å². The molecule has 150 valence electrons. The van der Waals surface area contributed by atoms with E-state index in [1.54, 1.807) is 37.3 Å². The van der Waals surface area contributed by atoms with E-state index in [1.807, 2.05) is 0 Å². The normalized spacial score (nSPS) is 11.2. The highest BCUT2D eigenvalue weighted by molar-refractivity contribution is 7.18. The minimum atomic E-state index is -4.56. The number of nitrogens with zero attached hydrogens (tertiary/aromatic N) is 1. The number of anilines is 1. The largest absolute Gasteiger partial charge is 0.462 e. The molecule has 1 amide bonds. The van der Waals surface area contributed by atoms with Crippen LogP contribution in [0.3, 0.4) is 0 Å². The predicted molar refractivity (Wildman–Crippen MR) is 103 cm³/mol. The molecule has 0 aliphatic carbocycles. The van der Waals surface area contributed by atoms with Gasteiger partial charge < -0.3 is 4.74 Å². The number of benzene rings is 2. The standard InChI is InChI=1S/C20H15F3N2O3S/c1-2-28-18(27)16-15(12-7-4-3-5-8-12)24-19(29-16)25-17(26)13-9-6-10-14(11-13)20(21,22)23/h3-11H,2H2,1H3,(H,24,25,26). The van der Waals surface area contributed by atoms with Crippen LogP contribution in [-0.4, -0.2) is 23.5 Å². The van der Waals surface area contributed by atoms with Gasteiger partial charge in [-0.1, -0.05) is 47.7 Å². The van der Waals surface area contributed by atoms with E-state index < -0.39 is 23.6 Å². The molecule has 0 aliphatic heterocycles. The molecule has 0 saturated heterocycles. The lowest BCUT2D eigenvalue weighted by Crippen LogP contribution is -2.13. The van der Waals surface area contributed by atoms with Crippen LogP contribution in [0, 0.1) is 0 Å². The van der Waals surface area contributed by atoms with Crippen LogP contribution < -0.4 is 5.32 Å². The van der Waals surface area contributed by atoms with Gasteiger partial charge in [0.1, 0.15) is 4.88 Å². The van der Waals surface area contributed by atoms with Gasteiger partial charge in [0, 0.05) is 11.1 Å². The second-order valence-corrected chi connectivity index (χ2v) is 6.82. The Hall–Kier alpha value is -3.20. The number of carbonyl (C=O) groups excluding carboxylic acids is 2. The number of amides is 1. The van der Waals surface area contributed by atoms with Crippen LogP contribution in [-0.2, 0) is 10.9 Å². The number of hydrogen-bond acceptors (Lipinski definition) is 5. The van der Waals surface area contributed by atoms with Gasteiger partial charge in [-0.3, -0.25) is 10.1 Å². The Kier molecular flexibility index (Phi) is 5.97. The number of rotatable bonds is 5. The molecule has 29 heavy (non-hydrogen) atoms. The zero-order valence-corrected chi connectivity index (χ0v) is 15.9. The minimum Gasteiger partial charge on any atom is -0.462 e. The Bertz CT molecular complexity index is 1030. The van der Waals surface area contributed by atoms with Crippen molar-refractivity contribution >= 4 is 28.3 Å². The Morgan fingerprint density at radius 2 is 1.83 bits per heavy atom. The first-order valence-corrected chi connectivity index (χ1v) is 9.33. The second kappa shape index (κ2) is 8.44. The number of thiazole rings is 1. The number of esters is 1. The van der Waals surface area contributed by atoms with E-state index in [0.29, 0.717) is 11.3 Å². The molecule has 1 aromatic heterocycles. The van der Waals surface area contributed by atoms with E-state index in [9.17, 15) is 22.8 Å². The topological polar surface area (TPSA) is 68.3 Å². The summed E-state index contributed by atoms with van der Waals surface area (Å²) >= 11 is 0.895. The van der Waals surface area contributed by atoms with E-state index in [1.165, 1.54) is 6.07 Å². The van der Waals surface area contributed by atoms with Crippen molar-refractivity contribution < 1.29 is 27.5 Å². The SMILES string of the molecule is CCOC(=O)c1sc(NC(=O)c2cccc(C(F)(F)F)c2)nc1-c1ccccc1. The molecule has 2 aromatic carbocycles. The van der Waals surface area contributed by atoms with Gasteiger partial charge in [0.25, 0.3) is 5.91 Å². The summed E-state index contributed by atoms with van der Waals surface area (Å²) in [6.07, 6.45) is -4.56. The number of halogens is 3. The van der Waals surface area contributed by atoms with Crippen molar-refractivity contribution in [3.8, 4) is 11.3 Å². The average Bonchev–Trinajstić information content (AvgIpc) is 3.12. The molecule has 9 heteroatoms. The van der Waals surface area contributed by atoms with E-state index in [0.717, 1.165) is 29.5 Å². The molecule has 0 radical (unpaired) electrons. The molecule has 0 unspecified atom stereocenters. The fourth-order valence-electron chi connectivity index (χ4n) is 2.51. The maximum absolute atomic E-state index is 12.9. The predicted octanol–water partition coefficient (Wildman–Crippen LogP) is 5.26. The third-order valence-electron chi connectivity index (χ3n) is 3.81. The van der Waals surface area contributed by atoms with Crippen LogP contribution in [0.15, 0.2) is 54.6 Å². The zero-order chi connectivity index (χ0) is 21.0. The Balaban J connectivity index is 1.92. The Morgan fingerprint density at radius 1 is 1.10 bits per heavy atom. The first-order valence-electron chi connectivity index (χ1n) is 8.51. The number of ether oxygens (including phenoxy) is 1. The molecule has 5 nitrogen and oxygen atoms in total. The monoisotopic (exact) mass is 420 g/mol. The lowest BCUT2D eigenvalue weighted by Gasteiger charge is -2.08. The molecular formula is C20H15F3N2O3S. The van der Waals surface area contributed by atoms with Gasteiger partial charge >= 0.3 is 12.1 Å². The smallest absolute Gasteiger partial charge is 0.416 e.